The highest BCUT2D eigenvalue weighted by Crippen LogP contribution is 2.20. The second-order valence-electron chi connectivity index (χ2n) is 5.23. The van der Waals surface area contributed by atoms with Crippen molar-refractivity contribution in [2.24, 2.45) is 0 Å². The van der Waals surface area contributed by atoms with E-state index in [1.165, 1.54) is 11.1 Å². The summed E-state index contributed by atoms with van der Waals surface area (Å²) in [5.41, 5.74) is 2.50. The Labute approximate surface area is 122 Å². The summed E-state index contributed by atoms with van der Waals surface area (Å²) in [6.45, 7) is 8.95. The number of aryl methyl sites for hydroxylation is 1. The maximum atomic E-state index is 11.7. The molecule has 20 heavy (non-hydrogen) atoms. The average molecular weight is 277 g/mol. The smallest absolute Gasteiger partial charge is 0.316 e. The monoisotopic (exact) mass is 277 g/mol. The third-order valence-corrected chi connectivity index (χ3v) is 3.57. The number of hydrogen-bond acceptors (Lipinski definition) is 2. The van der Waals surface area contributed by atoms with Crippen LogP contribution in [-0.2, 0) is 0 Å². The lowest BCUT2D eigenvalue weighted by atomic mass is 10.0. The number of hydrogen-bond donors (Lipinski definition) is 1. The molecule has 1 aromatic rings. The van der Waals surface area contributed by atoms with Crippen LogP contribution in [0.25, 0.3) is 0 Å². The highest BCUT2D eigenvalue weighted by atomic mass is 16.2. The second-order valence-corrected chi connectivity index (χ2v) is 5.23. The molecule has 1 aromatic carbocycles. The SMILES string of the molecule is CCN(CC)C(CNC(=O)N(C)C)c1ccc(C)cc1. The van der Waals surface area contributed by atoms with Crippen molar-refractivity contribution in [1.29, 1.82) is 0 Å². The lowest BCUT2D eigenvalue weighted by Gasteiger charge is -2.30. The van der Waals surface area contributed by atoms with Crippen LogP contribution in [0.2, 0.25) is 0 Å². The quantitative estimate of drug-likeness (QED) is 0.867. The molecule has 0 fully saturated rings. The van der Waals surface area contributed by atoms with Gasteiger partial charge in [-0.05, 0) is 25.6 Å². The fourth-order valence-corrected chi connectivity index (χ4v) is 2.25. The van der Waals surface area contributed by atoms with Gasteiger partial charge in [0.25, 0.3) is 0 Å². The summed E-state index contributed by atoms with van der Waals surface area (Å²) in [7, 11) is 3.52. The zero-order valence-corrected chi connectivity index (χ0v) is 13.3. The van der Waals surface area contributed by atoms with Gasteiger partial charge in [0.1, 0.15) is 0 Å². The largest absolute Gasteiger partial charge is 0.336 e. The first-order valence-electron chi connectivity index (χ1n) is 7.25. The van der Waals surface area contributed by atoms with Gasteiger partial charge >= 0.3 is 6.03 Å². The van der Waals surface area contributed by atoms with Crippen molar-refractivity contribution in [3.63, 3.8) is 0 Å². The molecule has 1 unspecified atom stereocenters. The van der Waals surface area contributed by atoms with E-state index >= 15 is 0 Å². The first kappa shape index (κ1) is 16.5. The van der Waals surface area contributed by atoms with Crippen LogP contribution in [0.1, 0.15) is 31.0 Å². The van der Waals surface area contributed by atoms with Crippen LogP contribution in [0.4, 0.5) is 4.79 Å². The summed E-state index contributed by atoms with van der Waals surface area (Å²) in [5, 5.41) is 2.99. The molecule has 0 aliphatic carbocycles. The maximum absolute atomic E-state index is 11.7. The summed E-state index contributed by atoms with van der Waals surface area (Å²) in [6.07, 6.45) is 0. The predicted octanol–water partition coefficient (Wildman–Crippen LogP) is 2.65. The second kappa shape index (κ2) is 7.90. The van der Waals surface area contributed by atoms with E-state index in [9.17, 15) is 4.79 Å². The fraction of sp³-hybridized carbons (Fsp3) is 0.562. The molecule has 2 amide bonds. The molecule has 0 aliphatic rings. The van der Waals surface area contributed by atoms with Gasteiger partial charge in [-0.2, -0.15) is 0 Å². The first-order valence-corrected chi connectivity index (χ1v) is 7.25. The Kier molecular flexibility index (Phi) is 6.52. The van der Waals surface area contributed by atoms with E-state index < -0.39 is 0 Å². The number of urea groups is 1. The van der Waals surface area contributed by atoms with E-state index in [1.807, 2.05) is 0 Å². The van der Waals surface area contributed by atoms with Crippen molar-refractivity contribution < 1.29 is 4.79 Å². The zero-order valence-electron chi connectivity index (χ0n) is 13.3. The van der Waals surface area contributed by atoms with Crippen molar-refractivity contribution in [3.8, 4) is 0 Å². The van der Waals surface area contributed by atoms with Crippen LogP contribution >= 0.6 is 0 Å². The maximum Gasteiger partial charge on any atom is 0.316 e. The number of benzene rings is 1. The van der Waals surface area contributed by atoms with Crippen molar-refractivity contribution in [3.05, 3.63) is 35.4 Å². The van der Waals surface area contributed by atoms with Gasteiger partial charge < -0.3 is 10.2 Å². The molecule has 0 saturated carbocycles. The van der Waals surface area contributed by atoms with Crippen LogP contribution in [-0.4, -0.2) is 49.6 Å². The highest BCUT2D eigenvalue weighted by molar-refractivity contribution is 5.73. The van der Waals surface area contributed by atoms with Crippen LogP contribution < -0.4 is 5.32 Å². The van der Waals surface area contributed by atoms with Crippen LogP contribution in [0.3, 0.4) is 0 Å². The summed E-state index contributed by atoms with van der Waals surface area (Å²) in [5.74, 6) is 0. The molecule has 0 aromatic heterocycles. The Hall–Kier alpha value is -1.55. The molecule has 1 atom stereocenters. The third-order valence-electron chi connectivity index (χ3n) is 3.57. The number of nitrogens with zero attached hydrogens (tertiary/aromatic N) is 2. The third kappa shape index (κ3) is 4.53. The number of amides is 2. The molecule has 4 nitrogen and oxygen atoms in total. The molecule has 0 heterocycles. The van der Waals surface area contributed by atoms with E-state index in [-0.39, 0.29) is 12.1 Å². The van der Waals surface area contributed by atoms with Gasteiger partial charge in [-0.1, -0.05) is 43.7 Å². The van der Waals surface area contributed by atoms with Gasteiger partial charge in [0.15, 0.2) is 0 Å². The fourth-order valence-electron chi connectivity index (χ4n) is 2.25. The normalized spacial score (nSPS) is 12.3. The van der Waals surface area contributed by atoms with Crippen LogP contribution in [0, 0.1) is 6.92 Å². The standard InChI is InChI=1S/C16H27N3O/c1-6-19(7-2)15(12-17-16(20)18(4)5)14-10-8-13(3)9-11-14/h8-11,15H,6-7,12H2,1-5H3,(H,17,20). The summed E-state index contributed by atoms with van der Waals surface area (Å²) in [4.78, 5) is 15.7. The summed E-state index contributed by atoms with van der Waals surface area (Å²) < 4.78 is 0. The summed E-state index contributed by atoms with van der Waals surface area (Å²) in [6, 6.07) is 8.73. The number of carbonyl (C=O) groups excluding carboxylic acids is 1. The Balaban J connectivity index is 2.85. The number of likely N-dealkylation sites (N-methyl/N-ethyl adjacent to an activating group) is 1. The molecule has 112 valence electrons. The van der Waals surface area contributed by atoms with Gasteiger partial charge in [0, 0.05) is 20.6 Å². The van der Waals surface area contributed by atoms with Crippen molar-refractivity contribution >= 4 is 6.03 Å². The van der Waals surface area contributed by atoms with Crippen LogP contribution in [0.15, 0.2) is 24.3 Å². The van der Waals surface area contributed by atoms with E-state index in [2.05, 4.69) is 55.3 Å². The zero-order chi connectivity index (χ0) is 15.1. The average Bonchev–Trinajstić information content (AvgIpc) is 2.44. The Bertz CT molecular complexity index is 410. The minimum Gasteiger partial charge on any atom is -0.336 e. The molecule has 0 saturated heterocycles. The minimum absolute atomic E-state index is 0.0470. The topological polar surface area (TPSA) is 35.6 Å². The minimum atomic E-state index is -0.0470. The van der Waals surface area contributed by atoms with Crippen molar-refractivity contribution in [2.45, 2.75) is 26.8 Å². The molecular weight excluding hydrogens is 250 g/mol. The molecule has 1 rings (SSSR count). The molecule has 1 N–H and O–H groups in total. The number of carbonyl (C=O) groups is 1. The van der Waals surface area contributed by atoms with E-state index in [1.54, 1.807) is 19.0 Å². The van der Waals surface area contributed by atoms with Crippen molar-refractivity contribution in [2.75, 3.05) is 33.7 Å². The van der Waals surface area contributed by atoms with E-state index in [0.29, 0.717) is 6.54 Å². The Morgan fingerprint density at radius 2 is 1.70 bits per heavy atom. The number of nitrogens with one attached hydrogen (secondary N) is 1. The van der Waals surface area contributed by atoms with Crippen LogP contribution in [0.5, 0.6) is 0 Å². The Morgan fingerprint density at radius 3 is 2.15 bits per heavy atom. The van der Waals surface area contributed by atoms with E-state index in [0.717, 1.165) is 13.1 Å². The predicted molar refractivity (Wildman–Crippen MR) is 83.9 cm³/mol. The number of rotatable bonds is 6. The van der Waals surface area contributed by atoms with Gasteiger partial charge in [-0.15, -0.1) is 0 Å². The molecule has 0 radical (unpaired) electrons. The lowest BCUT2D eigenvalue weighted by Crippen LogP contribution is -2.41. The molecular formula is C16H27N3O. The van der Waals surface area contributed by atoms with Gasteiger partial charge in [-0.25, -0.2) is 4.79 Å². The Morgan fingerprint density at radius 1 is 1.15 bits per heavy atom. The molecule has 0 spiro atoms. The van der Waals surface area contributed by atoms with Gasteiger partial charge in [0.2, 0.25) is 0 Å². The van der Waals surface area contributed by atoms with Gasteiger partial charge in [0.05, 0.1) is 6.04 Å². The molecule has 0 aliphatic heterocycles. The van der Waals surface area contributed by atoms with Gasteiger partial charge in [-0.3, -0.25) is 4.90 Å². The first-order chi connectivity index (χ1) is 9.49. The molecule has 4 heteroatoms. The van der Waals surface area contributed by atoms with E-state index in [4.69, 9.17) is 0 Å². The summed E-state index contributed by atoms with van der Waals surface area (Å²) >= 11 is 0. The van der Waals surface area contributed by atoms with Crippen molar-refractivity contribution in [1.82, 2.24) is 15.1 Å². The highest BCUT2D eigenvalue weighted by Gasteiger charge is 2.19. The lowest BCUT2D eigenvalue weighted by molar-refractivity contribution is 0.195. The molecule has 0 bridgehead atoms.